The minimum absolute atomic E-state index is 0.0702. The molecular weight excluding hydrogens is 442 g/mol. The average Bonchev–Trinajstić information content (AvgIpc) is 3.43. The number of carbonyl (C=O) groups is 1. The molecule has 2 aromatic heterocycles. The maximum Gasteiger partial charge on any atom is 0.274 e. The molecule has 0 bridgehead atoms. The van der Waals surface area contributed by atoms with Crippen LogP contribution in [0, 0.1) is 0 Å². The monoisotopic (exact) mass is 471 g/mol. The lowest BCUT2D eigenvalue weighted by Gasteiger charge is -2.32. The predicted octanol–water partition coefficient (Wildman–Crippen LogP) is 4.22. The number of likely N-dealkylation sites (N-methyl/N-ethyl adjacent to an activating group) is 1. The minimum atomic E-state index is 0.0702. The number of amides is 1. The second kappa shape index (κ2) is 8.64. The van der Waals surface area contributed by atoms with Crippen LogP contribution in [0.1, 0.15) is 44.3 Å². The molecule has 6 rings (SSSR count). The Bertz CT molecular complexity index is 1340. The lowest BCUT2D eigenvalue weighted by atomic mass is 9.90. The zero-order valence-corrected chi connectivity index (χ0v) is 20.5. The molecule has 0 saturated heterocycles. The Labute approximate surface area is 203 Å². The van der Waals surface area contributed by atoms with E-state index >= 15 is 0 Å². The van der Waals surface area contributed by atoms with Crippen molar-refractivity contribution in [1.82, 2.24) is 24.6 Å². The van der Waals surface area contributed by atoms with Crippen LogP contribution in [-0.4, -0.2) is 50.1 Å². The molecule has 1 unspecified atom stereocenters. The Morgan fingerprint density at radius 3 is 2.76 bits per heavy atom. The first-order valence-electron chi connectivity index (χ1n) is 12.0. The van der Waals surface area contributed by atoms with Crippen molar-refractivity contribution < 1.29 is 4.79 Å². The zero-order chi connectivity index (χ0) is 23.2. The number of aryl methyl sites for hydroxylation is 1. The van der Waals surface area contributed by atoms with Crippen LogP contribution >= 0.6 is 11.3 Å². The van der Waals surface area contributed by atoms with Gasteiger partial charge in [-0.25, -0.2) is 4.98 Å². The van der Waals surface area contributed by atoms with Crippen LogP contribution in [0.4, 0.5) is 0 Å². The molecule has 1 amide bonds. The van der Waals surface area contributed by atoms with Crippen LogP contribution < -0.4 is 0 Å². The molecule has 0 N–H and O–H groups in total. The number of benzene rings is 2. The van der Waals surface area contributed by atoms with Crippen molar-refractivity contribution in [2.45, 2.75) is 44.8 Å². The molecule has 0 radical (unpaired) electrons. The van der Waals surface area contributed by atoms with E-state index < -0.39 is 0 Å². The normalized spacial score (nSPS) is 17.7. The van der Waals surface area contributed by atoms with Crippen LogP contribution in [0.15, 0.2) is 48.5 Å². The molecule has 174 valence electrons. The molecule has 2 aliphatic rings. The molecule has 6 nitrogen and oxygen atoms in total. The summed E-state index contributed by atoms with van der Waals surface area (Å²) in [4.78, 5) is 22.8. The number of carbonyl (C=O) groups excluding carboxylic acids is 1. The van der Waals surface area contributed by atoms with Crippen molar-refractivity contribution in [3.05, 3.63) is 81.6 Å². The van der Waals surface area contributed by atoms with Gasteiger partial charge in [0.2, 0.25) is 0 Å². The van der Waals surface area contributed by atoms with E-state index in [1.54, 1.807) is 11.3 Å². The van der Waals surface area contributed by atoms with Crippen LogP contribution in [0.25, 0.3) is 10.2 Å². The lowest BCUT2D eigenvalue weighted by Crippen LogP contribution is -2.38. The largest absolute Gasteiger partial charge is 0.333 e. The van der Waals surface area contributed by atoms with E-state index in [4.69, 9.17) is 10.1 Å². The van der Waals surface area contributed by atoms with Gasteiger partial charge in [0.1, 0.15) is 5.01 Å². The highest BCUT2D eigenvalue weighted by molar-refractivity contribution is 7.18. The summed E-state index contributed by atoms with van der Waals surface area (Å²) < 4.78 is 3.17. The molecule has 0 saturated carbocycles. The fraction of sp³-hybridized carbons (Fsp3) is 0.370. The highest BCUT2D eigenvalue weighted by atomic mass is 32.1. The standard InChI is InChI=1S/C27H29N5OS/c1-30(17-25-28-22-9-5-6-10-24(22)34-25)20-11-12-23-21(15-20)26(29-31(23)2)27(33)32-14-13-18-7-3-4-8-19(18)16-32/h3-10,20H,11-17H2,1-2H3. The van der Waals surface area contributed by atoms with Gasteiger partial charge >= 0.3 is 0 Å². The Morgan fingerprint density at radius 1 is 1.12 bits per heavy atom. The molecule has 0 spiro atoms. The number of hydrogen-bond donors (Lipinski definition) is 0. The SMILES string of the molecule is CN(Cc1nc2ccccc2s1)C1CCc2c(c(C(=O)N3CCc4ccccc4C3)nn2C)C1. The Balaban J connectivity index is 1.21. The van der Waals surface area contributed by atoms with Gasteiger partial charge in [0, 0.05) is 37.4 Å². The van der Waals surface area contributed by atoms with Crippen molar-refractivity contribution in [3.63, 3.8) is 0 Å². The number of fused-ring (bicyclic) bond motifs is 3. The second-order valence-electron chi connectivity index (χ2n) is 9.53. The number of nitrogens with zero attached hydrogens (tertiary/aromatic N) is 5. The van der Waals surface area contributed by atoms with E-state index in [-0.39, 0.29) is 5.91 Å². The third-order valence-corrected chi connectivity index (χ3v) is 8.42. The van der Waals surface area contributed by atoms with Gasteiger partial charge in [0.05, 0.1) is 16.8 Å². The van der Waals surface area contributed by atoms with Crippen molar-refractivity contribution in [1.29, 1.82) is 0 Å². The smallest absolute Gasteiger partial charge is 0.274 e. The lowest BCUT2D eigenvalue weighted by molar-refractivity contribution is 0.0726. The van der Waals surface area contributed by atoms with Crippen LogP contribution in [-0.2, 0) is 39.4 Å². The van der Waals surface area contributed by atoms with Crippen LogP contribution in [0.2, 0.25) is 0 Å². The molecule has 1 aliphatic heterocycles. The van der Waals surface area contributed by atoms with Gasteiger partial charge in [-0.3, -0.25) is 14.4 Å². The summed E-state index contributed by atoms with van der Waals surface area (Å²) in [7, 11) is 4.16. The summed E-state index contributed by atoms with van der Waals surface area (Å²) in [5.41, 5.74) is 6.68. The maximum atomic E-state index is 13.6. The van der Waals surface area contributed by atoms with E-state index in [0.717, 1.165) is 54.9 Å². The van der Waals surface area contributed by atoms with E-state index in [1.807, 2.05) is 22.7 Å². The fourth-order valence-electron chi connectivity index (χ4n) is 5.47. The van der Waals surface area contributed by atoms with E-state index in [2.05, 4.69) is 54.4 Å². The van der Waals surface area contributed by atoms with Crippen molar-refractivity contribution >= 4 is 27.5 Å². The molecule has 3 heterocycles. The summed E-state index contributed by atoms with van der Waals surface area (Å²) in [6.07, 6.45) is 3.78. The third kappa shape index (κ3) is 3.83. The van der Waals surface area contributed by atoms with Gasteiger partial charge in [-0.05, 0) is 56.0 Å². The Morgan fingerprint density at radius 2 is 1.91 bits per heavy atom. The first kappa shape index (κ1) is 21.5. The summed E-state index contributed by atoms with van der Waals surface area (Å²) in [6, 6.07) is 17.1. The Kier molecular flexibility index (Phi) is 5.46. The van der Waals surface area contributed by atoms with Crippen LogP contribution in [0.3, 0.4) is 0 Å². The highest BCUT2D eigenvalue weighted by Gasteiger charge is 2.33. The highest BCUT2D eigenvalue weighted by Crippen LogP contribution is 2.30. The van der Waals surface area contributed by atoms with Gasteiger partial charge in [-0.15, -0.1) is 11.3 Å². The summed E-state index contributed by atoms with van der Waals surface area (Å²) >= 11 is 1.77. The second-order valence-corrected chi connectivity index (χ2v) is 10.6. The Hall–Kier alpha value is -3.03. The molecule has 1 aliphatic carbocycles. The quantitative estimate of drug-likeness (QED) is 0.447. The van der Waals surface area contributed by atoms with Gasteiger partial charge in [-0.2, -0.15) is 5.10 Å². The van der Waals surface area contributed by atoms with Gasteiger partial charge in [-0.1, -0.05) is 36.4 Å². The molecule has 4 aromatic rings. The first-order chi connectivity index (χ1) is 16.6. The number of para-hydroxylation sites is 1. The van der Waals surface area contributed by atoms with Crippen molar-refractivity contribution in [2.24, 2.45) is 7.05 Å². The van der Waals surface area contributed by atoms with Crippen molar-refractivity contribution in [2.75, 3.05) is 13.6 Å². The zero-order valence-electron chi connectivity index (χ0n) is 19.7. The van der Waals surface area contributed by atoms with Gasteiger partial charge < -0.3 is 4.90 Å². The fourth-order valence-corrected chi connectivity index (χ4v) is 6.50. The molecule has 0 fully saturated rings. The van der Waals surface area contributed by atoms with E-state index in [1.165, 1.54) is 21.5 Å². The number of hydrogen-bond acceptors (Lipinski definition) is 5. The van der Waals surface area contributed by atoms with Gasteiger partial charge in [0.15, 0.2) is 5.69 Å². The predicted molar refractivity (Wildman–Crippen MR) is 135 cm³/mol. The number of rotatable bonds is 4. The topological polar surface area (TPSA) is 54.3 Å². The van der Waals surface area contributed by atoms with Gasteiger partial charge in [0.25, 0.3) is 5.91 Å². The summed E-state index contributed by atoms with van der Waals surface area (Å²) in [5.74, 6) is 0.0702. The maximum absolute atomic E-state index is 13.6. The minimum Gasteiger partial charge on any atom is -0.333 e. The molecular formula is C27H29N5OS. The van der Waals surface area contributed by atoms with Crippen molar-refractivity contribution in [3.8, 4) is 0 Å². The molecule has 1 atom stereocenters. The van der Waals surface area contributed by atoms with E-state index in [0.29, 0.717) is 18.3 Å². The molecule has 2 aromatic carbocycles. The van der Waals surface area contributed by atoms with E-state index in [9.17, 15) is 4.79 Å². The average molecular weight is 472 g/mol. The molecule has 34 heavy (non-hydrogen) atoms. The first-order valence-corrected chi connectivity index (χ1v) is 12.8. The summed E-state index contributed by atoms with van der Waals surface area (Å²) in [5, 5.41) is 5.87. The number of thiazole rings is 1. The molecule has 7 heteroatoms. The number of aromatic nitrogens is 3. The third-order valence-electron chi connectivity index (χ3n) is 7.40. The summed E-state index contributed by atoms with van der Waals surface area (Å²) in [6.45, 7) is 2.25. The van der Waals surface area contributed by atoms with Crippen LogP contribution in [0.5, 0.6) is 0 Å².